The third kappa shape index (κ3) is 2.79. The molecule has 3 nitrogen and oxygen atoms in total. The molecule has 0 aromatic rings. The summed E-state index contributed by atoms with van der Waals surface area (Å²) in [6.45, 7) is 6.60. The van der Waals surface area contributed by atoms with Crippen LogP contribution < -0.4 is 5.73 Å². The summed E-state index contributed by atoms with van der Waals surface area (Å²) in [6, 6.07) is 0. The van der Waals surface area contributed by atoms with Crippen molar-refractivity contribution in [1.29, 1.82) is 0 Å². The number of aliphatic hydroxyl groups is 1. The highest BCUT2D eigenvalue weighted by Gasteiger charge is 2.41. The predicted octanol–water partition coefficient (Wildman–Crippen LogP) is 1.48. The van der Waals surface area contributed by atoms with E-state index in [1.165, 1.54) is 0 Å². The average Bonchev–Trinajstić information content (AvgIpc) is 2.15. The van der Waals surface area contributed by atoms with Crippen molar-refractivity contribution < 1.29 is 9.90 Å². The number of hydrogen-bond donors (Lipinski definition) is 2. The first-order chi connectivity index (χ1) is 6.79. The lowest BCUT2D eigenvalue weighted by Gasteiger charge is -2.40. The van der Waals surface area contributed by atoms with E-state index in [9.17, 15) is 9.90 Å². The molecule has 0 amide bonds. The van der Waals surface area contributed by atoms with E-state index in [4.69, 9.17) is 5.73 Å². The monoisotopic (exact) mass is 213 g/mol. The van der Waals surface area contributed by atoms with Crippen LogP contribution in [0.1, 0.15) is 46.5 Å². The van der Waals surface area contributed by atoms with Crippen LogP contribution >= 0.6 is 0 Å². The molecule has 88 valence electrons. The van der Waals surface area contributed by atoms with E-state index in [0.29, 0.717) is 18.8 Å². The highest BCUT2D eigenvalue weighted by Crippen LogP contribution is 2.41. The Morgan fingerprint density at radius 2 is 1.87 bits per heavy atom. The molecule has 1 aliphatic rings. The van der Waals surface area contributed by atoms with Crippen molar-refractivity contribution in [1.82, 2.24) is 0 Å². The van der Waals surface area contributed by atoms with Crippen molar-refractivity contribution in [2.24, 2.45) is 17.1 Å². The molecule has 0 saturated heterocycles. The van der Waals surface area contributed by atoms with Gasteiger partial charge in [-0.05, 0) is 37.0 Å². The summed E-state index contributed by atoms with van der Waals surface area (Å²) in [7, 11) is 0. The van der Waals surface area contributed by atoms with E-state index in [-0.39, 0.29) is 17.7 Å². The molecule has 3 heteroatoms. The fraction of sp³-hybridized carbons (Fsp3) is 0.917. The van der Waals surface area contributed by atoms with Gasteiger partial charge in [0.05, 0.1) is 6.54 Å². The maximum Gasteiger partial charge on any atom is 0.177 e. The fourth-order valence-electron chi connectivity index (χ4n) is 2.43. The Morgan fingerprint density at radius 1 is 1.40 bits per heavy atom. The van der Waals surface area contributed by atoms with Gasteiger partial charge in [-0.3, -0.25) is 4.79 Å². The van der Waals surface area contributed by atoms with Gasteiger partial charge in [-0.25, -0.2) is 0 Å². The van der Waals surface area contributed by atoms with Gasteiger partial charge < -0.3 is 10.8 Å². The van der Waals surface area contributed by atoms with Crippen LogP contribution in [0, 0.1) is 11.3 Å². The zero-order chi connectivity index (χ0) is 11.7. The lowest BCUT2D eigenvalue weighted by molar-refractivity contribution is -0.141. The normalized spacial score (nSPS) is 32.7. The van der Waals surface area contributed by atoms with Crippen LogP contribution in [0.2, 0.25) is 0 Å². The third-order valence-electron chi connectivity index (χ3n) is 3.74. The van der Waals surface area contributed by atoms with E-state index < -0.39 is 5.60 Å². The van der Waals surface area contributed by atoms with Gasteiger partial charge in [0.2, 0.25) is 0 Å². The van der Waals surface area contributed by atoms with Crippen molar-refractivity contribution in [2.75, 3.05) is 6.54 Å². The van der Waals surface area contributed by atoms with Crippen LogP contribution in [0.15, 0.2) is 0 Å². The van der Waals surface area contributed by atoms with Crippen molar-refractivity contribution >= 4 is 5.78 Å². The van der Waals surface area contributed by atoms with Crippen LogP contribution in [0.3, 0.4) is 0 Å². The first kappa shape index (κ1) is 12.7. The number of hydrogen-bond acceptors (Lipinski definition) is 3. The van der Waals surface area contributed by atoms with E-state index in [0.717, 1.165) is 12.8 Å². The summed E-state index contributed by atoms with van der Waals surface area (Å²) in [5.41, 5.74) is 4.44. The van der Waals surface area contributed by atoms with Crippen LogP contribution in [-0.4, -0.2) is 23.0 Å². The molecule has 1 aliphatic carbocycles. The van der Waals surface area contributed by atoms with E-state index >= 15 is 0 Å². The predicted molar refractivity (Wildman–Crippen MR) is 60.4 cm³/mol. The quantitative estimate of drug-likeness (QED) is 0.730. The third-order valence-corrected chi connectivity index (χ3v) is 3.74. The second kappa shape index (κ2) is 4.22. The molecule has 0 radical (unpaired) electrons. The van der Waals surface area contributed by atoms with Gasteiger partial charge in [0.25, 0.3) is 0 Å². The van der Waals surface area contributed by atoms with Gasteiger partial charge in [-0.1, -0.05) is 20.8 Å². The lowest BCUT2D eigenvalue weighted by atomic mass is 9.67. The Kier molecular flexibility index (Phi) is 3.56. The molecule has 0 aromatic carbocycles. The van der Waals surface area contributed by atoms with Crippen molar-refractivity contribution in [3.8, 4) is 0 Å². The highest BCUT2D eigenvalue weighted by atomic mass is 16.3. The Hall–Kier alpha value is -0.410. The minimum atomic E-state index is -1.13. The molecular weight excluding hydrogens is 190 g/mol. The molecule has 3 N–H and O–H groups in total. The van der Waals surface area contributed by atoms with Crippen LogP contribution in [0.25, 0.3) is 0 Å². The summed E-state index contributed by atoms with van der Waals surface area (Å²) in [5.74, 6) is 0.401. The Balaban J connectivity index is 2.59. The second-order valence-corrected chi connectivity index (χ2v) is 5.80. The van der Waals surface area contributed by atoms with Crippen molar-refractivity contribution in [3.05, 3.63) is 0 Å². The smallest absolute Gasteiger partial charge is 0.177 e. The summed E-state index contributed by atoms with van der Waals surface area (Å²) in [6.07, 6.45) is 2.99. The first-order valence-electron chi connectivity index (χ1n) is 5.75. The van der Waals surface area contributed by atoms with Crippen LogP contribution in [0.4, 0.5) is 0 Å². The average molecular weight is 213 g/mol. The molecule has 1 saturated carbocycles. The summed E-state index contributed by atoms with van der Waals surface area (Å²) < 4.78 is 0. The lowest BCUT2D eigenvalue weighted by Crippen LogP contribution is -2.46. The van der Waals surface area contributed by atoms with Gasteiger partial charge in [-0.2, -0.15) is 0 Å². The Bertz CT molecular complexity index is 234. The van der Waals surface area contributed by atoms with Gasteiger partial charge in [0.1, 0.15) is 5.60 Å². The maximum atomic E-state index is 11.5. The number of nitrogens with two attached hydrogens (primary N) is 1. The van der Waals surface area contributed by atoms with Gasteiger partial charge in [0.15, 0.2) is 5.78 Å². The molecule has 0 aliphatic heterocycles. The molecule has 0 heterocycles. The Morgan fingerprint density at radius 3 is 2.20 bits per heavy atom. The number of rotatable bonds is 2. The zero-order valence-corrected chi connectivity index (χ0v) is 10.0. The van der Waals surface area contributed by atoms with E-state index in [1.54, 1.807) is 0 Å². The van der Waals surface area contributed by atoms with Gasteiger partial charge >= 0.3 is 0 Å². The van der Waals surface area contributed by atoms with Crippen molar-refractivity contribution in [3.63, 3.8) is 0 Å². The van der Waals surface area contributed by atoms with Gasteiger partial charge in [-0.15, -0.1) is 0 Å². The van der Waals surface area contributed by atoms with E-state index in [2.05, 4.69) is 20.8 Å². The molecule has 1 rings (SSSR count). The topological polar surface area (TPSA) is 63.3 Å². The molecule has 0 bridgehead atoms. The first-order valence-corrected chi connectivity index (χ1v) is 5.75. The fourth-order valence-corrected chi connectivity index (χ4v) is 2.43. The summed E-state index contributed by atoms with van der Waals surface area (Å²) >= 11 is 0. The molecule has 1 fully saturated rings. The van der Waals surface area contributed by atoms with Gasteiger partial charge in [0, 0.05) is 0 Å². The maximum absolute atomic E-state index is 11.5. The number of ketones is 1. The summed E-state index contributed by atoms with van der Waals surface area (Å²) in [4.78, 5) is 11.5. The number of Topliss-reactive ketones (excluding diaryl/α,β-unsaturated/α-hetero) is 1. The summed E-state index contributed by atoms with van der Waals surface area (Å²) in [5, 5.41) is 10.1. The standard InChI is InChI=1S/C12H23NO2/c1-11(2,3)9-4-6-12(15,7-5-9)10(14)8-13/h9,15H,4-8,13H2,1-3H3. The minimum absolute atomic E-state index is 0.0450. The number of carbonyl (C=O) groups is 1. The molecule has 0 atom stereocenters. The van der Waals surface area contributed by atoms with Crippen molar-refractivity contribution in [2.45, 2.75) is 52.1 Å². The molecule has 15 heavy (non-hydrogen) atoms. The largest absolute Gasteiger partial charge is 0.382 e. The minimum Gasteiger partial charge on any atom is -0.382 e. The molecule has 0 unspecified atom stereocenters. The molecular formula is C12H23NO2. The van der Waals surface area contributed by atoms with Crippen LogP contribution in [0.5, 0.6) is 0 Å². The molecule has 0 spiro atoms. The SMILES string of the molecule is CC(C)(C)C1CCC(O)(C(=O)CN)CC1. The highest BCUT2D eigenvalue weighted by molar-refractivity contribution is 5.88. The zero-order valence-electron chi connectivity index (χ0n) is 10.0. The second-order valence-electron chi connectivity index (χ2n) is 5.80. The Labute approximate surface area is 92.0 Å². The molecule has 0 aromatic heterocycles. The van der Waals surface area contributed by atoms with Crippen LogP contribution in [-0.2, 0) is 4.79 Å². The van der Waals surface area contributed by atoms with E-state index in [1.807, 2.05) is 0 Å². The number of carbonyl (C=O) groups excluding carboxylic acids is 1.